The van der Waals surface area contributed by atoms with Gasteiger partial charge < -0.3 is 34.0 Å². The van der Waals surface area contributed by atoms with Gasteiger partial charge in [-0.15, -0.1) is 0 Å². The Hall–Kier alpha value is -2.84. The SMILES string of the molecule is CCOC(=O)[C@H](C)NP(=O)(COCCn1cnc2c(OCCOC)nc(N)nc21)N[C@@H](C)C(=O)OCC. The molecule has 0 radical (unpaired) electrons. The first kappa shape index (κ1) is 30.4. The van der Waals surface area contributed by atoms with Crippen molar-refractivity contribution < 1.29 is 37.8 Å². The number of hydrogen-bond donors (Lipinski definition) is 3. The Balaban J connectivity index is 2.07. The van der Waals surface area contributed by atoms with Gasteiger partial charge in [-0.2, -0.15) is 9.97 Å². The highest BCUT2D eigenvalue weighted by molar-refractivity contribution is 7.59. The number of hydrogen-bond acceptors (Lipinski definition) is 12. The highest BCUT2D eigenvalue weighted by Gasteiger charge is 2.32. The highest BCUT2D eigenvalue weighted by Crippen LogP contribution is 2.37. The highest BCUT2D eigenvalue weighted by atomic mass is 31.2. The lowest BCUT2D eigenvalue weighted by atomic mass is 10.4. The van der Waals surface area contributed by atoms with Crippen molar-refractivity contribution in [2.45, 2.75) is 46.3 Å². The van der Waals surface area contributed by atoms with Crippen LogP contribution in [0.25, 0.3) is 11.2 Å². The summed E-state index contributed by atoms with van der Waals surface area (Å²) in [5, 5.41) is 5.44. The van der Waals surface area contributed by atoms with Gasteiger partial charge in [0.15, 0.2) is 11.2 Å². The number of nitrogens with two attached hydrogens (primary N) is 1. The number of rotatable bonds is 17. The van der Waals surface area contributed by atoms with Gasteiger partial charge in [0.1, 0.15) is 25.0 Å². The second-order valence-electron chi connectivity index (χ2n) is 7.82. The molecule has 0 aliphatic rings. The summed E-state index contributed by atoms with van der Waals surface area (Å²) in [7, 11) is -2.04. The van der Waals surface area contributed by atoms with Crippen molar-refractivity contribution in [3.05, 3.63) is 6.33 Å². The second-order valence-corrected chi connectivity index (χ2v) is 10.1. The van der Waals surface area contributed by atoms with Crippen LogP contribution in [0.1, 0.15) is 27.7 Å². The quantitative estimate of drug-likeness (QED) is 0.143. The molecule has 2 aromatic rings. The zero-order chi connectivity index (χ0) is 27.4. The molecule has 37 heavy (non-hydrogen) atoms. The standard InChI is InChI=1S/C21H36N7O8P/c1-6-34-19(29)14(3)26-37(31,27-15(4)20(30)35-7-2)13-33-9-8-28-12-23-16-17(28)24-21(22)25-18(16)36-11-10-32-5/h12,14-15H,6-11,13H2,1-5H3,(H2,22,24,25)(H2,26,27,31)/t14-,15-/m0/s1. The maximum atomic E-state index is 13.6. The molecule has 0 saturated heterocycles. The third-order valence-corrected chi connectivity index (χ3v) is 6.96. The number of carbonyl (C=O) groups excluding carboxylic acids is 2. The smallest absolute Gasteiger partial charge is 0.323 e. The molecule has 0 aliphatic carbocycles. The molecule has 0 aromatic carbocycles. The summed E-state index contributed by atoms with van der Waals surface area (Å²) in [6.07, 6.45) is 1.21. The molecule has 0 saturated carbocycles. The lowest BCUT2D eigenvalue weighted by Crippen LogP contribution is -2.42. The normalized spacial score (nSPS) is 13.3. The number of carbonyl (C=O) groups is 2. The van der Waals surface area contributed by atoms with Crippen molar-refractivity contribution in [1.29, 1.82) is 0 Å². The van der Waals surface area contributed by atoms with E-state index in [1.54, 1.807) is 25.5 Å². The van der Waals surface area contributed by atoms with Gasteiger partial charge in [0, 0.05) is 13.7 Å². The number of nitrogen functional groups attached to an aromatic ring is 1. The zero-order valence-electron chi connectivity index (χ0n) is 21.8. The maximum Gasteiger partial charge on any atom is 0.323 e. The molecule has 0 fully saturated rings. The van der Waals surface area contributed by atoms with E-state index in [2.05, 4.69) is 25.1 Å². The van der Waals surface area contributed by atoms with E-state index < -0.39 is 31.5 Å². The largest absolute Gasteiger partial charge is 0.474 e. The average Bonchev–Trinajstić information content (AvgIpc) is 3.24. The Morgan fingerprint density at radius 3 is 2.24 bits per heavy atom. The number of fused-ring (bicyclic) bond motifs is 1. The number of imidazole rings is 1. The molecule has 15 nitrogen and oxygen atoms in total. The lowest BCUT2D eigenvalue weighted by molar-refractivity contribution is -0.145. The number of methoxy groups -OCH3 is 1. The topological polar surface area (TPSA) is 191 Å². The van der Waals surface area contributed by atoms with Gasteiger partial charge in [0.05, 0.1) is 32.8 Å². The summed E-state index contributed by atoms with van der Waals surface area (Å²) in [6.45, 7) is 7.71. The fraction of sp³-hybridized carbons (Fsp3) is 0.667. The maximum absolute atomic E-state index is 13.6. The first-order chi connectivity index (χ1) is 17.6. The van der Waals surface area contributed by atoms with Crippen LogP contribution in [0.3, 0.4) is 0 Å². The molecule has 0 unspecified atom stereocenters. The van der Waals surface area contributed by atoms with Gasteiger partial charge in [0.2, 0.25) is 19.3 Å². The number of anilines is 1. The van der Waals surface area contributed by atoms with Gasteiger partial charge >= 0.3 is 11.9 Å². The molecule has 2 aromatic heterocycles. The van der Waals surface area contributed by atoms with E-state index in [0.717, 1.165) is 0 Å². The van der Waals surface area contributed by atoms with Crippen molar-refractivity contribution in [3.8, 4) is 5.88 Å². The molecule has 2 atom stereocenters. The van der Waals surface area contributed by atoms with E-state index >= 15 is 0 Å². The number of esters is 2. The van der Waals surface area contributed by atoms with Crippen LogP contribution in [0.5, 0.6) is 5.88 Å². The summed E-state index contributed by atoms with van der Waals surface area (Å²) in [6, 6.07) is -1.82. The summed E-state index contributed by atoms with van der Waals surface area (Å²) in [5.41, 5.74) is 6.68. The Morgan fingerprint density at radius 2 is 1.68 bits per heavy atom. The Bertz CT molecular complexity index is 1050. The van der Waals surface area contributed by atoms with Crippen LogP contribution < -0.4 is 20.6 Å². The summed E-state index contributed by atoms with van der Waals surface area (Å²) < 4.78 is 41.5. The van der Waals surface area contributed by atoms with E-state index in [9.17, 15) is 14.2 Å². The molecule has 2 heterocycles. The fourth-order valence-corrected chi connectivity index (χ4v) is 5.23. The van der Waals surface area contributed by atoms with E-state index in [-0.39, 0.29) is 51.1 Å². The summed E-state index contributed by atoms with van der Waals surface area (Å²) >= 11 is 0. The summed E-state index contributed by atoms with van der Waals surface area (Å²) in [5.74, 6) is -0.919. The van der Waals surface area contributed by atoms with Crippen molar-refractivity contribution >= 4 is 36.5 Å². The van der Waals surface area contributed by atoms with Crippen LogP contribution in [0.4, 0.5) is 5.95 Å². The predicted molar refractivity (Wildman–Crippen MR) is 134 cm³/mol. The van der Waals surface area contributed by atoms with Crippen molar-refractivity contribution in [2.75, 3.05) is 52.2 Å². The average molecular weight is 546 g/mol. The molecule has 16 heteroatoms. The lowest BCUT2D eigenvalue weighted by Gasteiger charge is -2.26. The molecule has 0 amide bonds. The van der Waals surface area contributed by atoms with Gasteiger partial charge in [-0.25, -0.2) is 15.2 Å². The van der Waals surface area contributed by atoms with E-state index in [4.69, 9.17) is 29.4 Å². The number of nitrogens with zero attached hydrogens (tertiary/aromatic N) is 4. The third-order valence-electron chi connectivity index (χ3n) is 4.81. The molecular formula is C21H36N7O8P. The first-order valence-corrected chi connectivity index (χ1v) is 13.7. The van der Waals surface area contributed by atoms with Crippen LogP contribution in [-0.4, -0.2) is 90.0 Å². The minimum atomic E-state index is -3.60. The zero-order valence-corrected chi connectivity index (χ0v) is 22.7. The number of aromatic nitrogens is 4. The molecule has 4 N–H and O–H groups in total. The Kier molecular flexibility index (Phi) is 12.1. The second kappa shape index (κ2) is 14.8. The van der Waals surface area contributed by atoms with Crippen LogP contribution in [-0.2, 0) is 39.6 Å². The van der Waals surface area contributed by atoms with Crippen LogP contribution in [0.15, 0.2) is 6.33 Å². The van der Waals surface area contributed by atoms with Gasteiger partial charge in [-0.05, 0) is 27.7 Å². The fourth-order valence-electron chi connectivity index (χ4n) is 3.15. The monoisotopic (exact) mass is 545 g/mol. The summed E-state index contributed by atoms with van der Waals surface area (Å²) in [4.78, 5) is 36.7. The minimum Gasteiger partial charge on any atom is -0.474 e. The number of nitrogens with one attached hydrogen (secondary N) is 2. The first-order valence-electron chi connectivity index (χ1n) is 11.8. The van der Waals surface area contributed by atoms with Gasteiger partial charge in [-0.3, -0.25) is 14.2 Å². The van der Waals surface area contributed by atoms with Crippen molar-refractivity contribution in [3.63, 3.8) is 0 Å². The molecular weight excluding hydrogens is 509 g/mol. The molecule has 2 rings (SSSR count). The molecule has 0 aliphatic heterocycles. The van der Waals surface area contributed by atoms with E-state index in [1.807, 2.05) is 0 Å². The van der Waals surface area contributed by atoms with E-state index in [0.29, 0.717) is 17.8 Å². The van der Waals surface area contributed by atoms with Gasteiger partial charge in [0.25, 0.3) is 0 Å². The third kappa shape index (κ3) is 9.20. The van der Waals surface area contributed by atoms with Crippen molar-refractivity contribution in [2.24, 2.45) is 0 Å². The van der Waals surface area contributed by atoms with E-state index in [1.165, 1.54) is 20.2 Å². The molecule has 0 spiro atoms. The van der Waals surface area contributed by atoms with Gasteiger partial charge in [-0.1, -0.05) is 0 Å². The molecule has 0 bridgehead atoms. The number of ether oxygens (including phenoxy) is 5. The predicted octanol–water partition coefficient (Wildman–Crippen LogP) is 0.683. The van der Waals surface area contributed by atoms with Crippen molar-refractivity contribution in [1.82, 2.24) is 29.7 Å². The van der Waals surface area contributed by atoms with Crippen LogP contribution >= 0.6 is 7.44 Å². The molecule has 208 valence electrons. The Labute approximate surface area is 215 Å². The van der Waals surface area contributed by atoms with Crippen LogP contribution in [0.2, 0.25) is 0 Å². The Morgan fingerprint density at radius 1 is 1.05 bits per heavy atom. The minimum absolute atomic E-state index is 0.0152. The van der Waals surface area contributed by atoms with Crippen LogP contribution in [0, 0.1) is 0 Å².